The molecule has 7 nitrogen and oxygen atoms in total. The number of hydrogen-bond acceptors (Lipinski definition) is 6. The molecule has 3 aromatic heterocycles. The Morgan fingerprint density at radius 2 is 1.81 bits per heavy atom. The molecular weight excluding hydrogens is 340 g/mol. The van der Waals surface area contributed by atoms with E-state index in [1.165, 1.54) is 0 Å². The Kier molecular flexibility index (Phi) is 5.30. The van der Waals surface area contributed by atoms with E-state index in [2.05, 4.69) is 18.8 Å². The zero-order valence-electron chi connectivity index (χ0n) is 17.2. The van der Waals surface area contributed by atoms with Crippen molar-refractivity contribution in [2.75, 3.05) is 26.1 Å². The molecule has 0 unspecified atom stereocenters. The van der Waals surface area contributed by atoms with E-state index < -0.39 is 0 Å². The van der Waals surface area contributed by atoms with E-state index in [9.17, 15) is 0 Å². The van der Waals surface area contributed by atoms with E-state index in [1.807, 2.05) is 43.6 Å². The minimum Gasteiger partial charge on any atom is -0.496 e. The molecule has 0 aliphatic heterocycles. The van der Waals surface area contributed by atoms with Crippen LogP contribution in [0, 0.1) is 13.8 Å². The second-order valence-corrected chi connectivity index (χ2v) is 6.97. The zero-order valence-corrected chi connectivity index (χ0v) is 17.2. The Balaban J connectivity index is 2.20. The van der Waals surface area contributed by atoms with Gasteiger partial charge in [0.2, 0.25) is 0 Å². The van der Waals surface area contributed by atoms with Crippen LogP contribution < -0.4 is 9.64 Å². The molecule has 0 radical (unpaired) electrons. The van der Waals surface area contributed by atoms with Gasteiger partial charge in [0.05, 0.1) is 35.8 Å². The first-order valence-electron chi connectivity index (χ1n) is 9.36. The van der Waals surface area contributed by atoms with Gasteiger partial charge in [0, 0.05) is 26.4 Å². The molecule has 0 fully saturated rings. The van der Waals surface area contributed by atoms with Crippen LogP contribution in [0.4, 0.5) is 5.82 Å². The quantitative estimate of drug-likeness (QED) is 0.656. The largest absolute Gasteiger partial charge is 0.496 e. The molecule has 27 heavy (non-hydrogen) atoms. The summed E-state index contributed by atoms with van der Waals surface area (Å²) in [4.78, 5) is 16.3. The van der Waals surface area contributed by atoms with Crippen LogP contribution in [0.15, 0.2) is 12.3 Å². The fourth-order valence-corrected chi connectivity index (χ4v) is 3.33. The maximum Gasteiger partial charge on any atom is 0.177 e. The van der Waals surface area contributed by atoms with E-state index in [0.29, 0.717) is 6.04 Å². The first-order chi connectivity index (χ1) is 12.9. The maximum atomic E-state index is 5.61. The molecule has 0 N–H and O–H groups in total. The van der Waals surface area contributed by atoms with Gasteiger partial charge in [-0.2, -0.15) is 5.10 Å². The van der Waals surface area contributed by atoms with Crippen LogP contribution in [0.25, 0.3) is 22.4 Å². The minimum absolute atomic E-state index is 0.330. The third-order valence-electron chi connectivity index (χ3n) is 4.94. The Bertz CT molecular complexity index is 959. The molecule has 3 rings (SSSR count). The third kappa shape index (κ3) is 3.34. The van der Waals surface area contributed by atoms with E-state index in [0.717, 1.165) is 58.2 Å². The molecule has 7 heteroatoms. The van der Waals surface area contributed by atoms with Crippen LogP contribution in [-0.2, 0) is 0 Å². The standard InChI is InChI=1S/C20H28N6O/c1-8-14(9-2)26-20-19(13(4)24-26)23-18(12(3)22-20)15-11-21-17(25(5)6)10-16(15)27-7/h10-11,14H,8-9H2,1-7H3. The first kappa shape index (κ1) is 19.1. The molecule has 0 aliphatic carbocycles. The highest BCUT2D eigenvalue weighted by atomic mass is 16.5. The molecule has 3 heterocycles. The maximum absolute atomic E-state index is 5.61. The number of aromatic nitrogens is 5. The lowest BCUT2D eigenvalue weighted by Crippen LogP contribution is -2.11. The predicted octanol–water partition coefficient (Wildman–Crippen LogP) is 3.94. The number of aryl methyl sites for hydroxylation is 2. The molecule has 0 saturated heterocycles. The fraction of sp³-hybridized carbons (Fsp3) is 0.500. The third-order valence-corrected chi connectivity index (χ3v) is 4.94. The van der Waals surface area contributed by atoms with Crippen molar-refractivity contribution in [3.05, 3.63) is 23.7 Å². The number of pyridine rings is 1. The minimum atomic E-state index is 0.330. The summed E-state index contributed by atoms with van der Waals surface area (Å²) in [6.07, 6.45) is 3.83. The van der Waals surface area contributed by atoms with Gasteiger partial charge in [-0.15, -0.1) is 0 Å². The highest BCUT2D eigenvalue weighted by Crippen LogP contribution is 2.34. The summed E-state index contributed by atoms with van der Waals surface area (Å²) in [6.45, 7) is 8.31. The van der Waals surface area contributed by atoms with Crippen LogP contribution >= 0.6 is 0 Å². The van der Waals surface area contributed by atoms with Gasteiger partial charge in [-0.3, -0.25) is 0 Å². The lowest BCUT2D eigenvalue weighted by Gasteiger charge is -2.16. The van der Waals surface area contributed by atoms with Gasteiger partial charge in [-0.25, -0.2) is 19.6 Å². The van der Waals surface area contributed by atoms with Gasteiger partial charge < -0.3 is 9.64 Å². The van der Waals surface area contributed by atoms with Crippen molar-refractivity contribution < 1.29 is 4.74 Å². The second-order valence-electron chi connectivity index (χ2n) is 6.97. The Labute approximate surface area is 160 Å². The molecule has 0 aliphatic rings. The van der Waals surface area contributed by atoms with Crippen molar-refractivity contribution in [1.29, 1.82) is 0 Å². The molecule has 144 valence electrons. The highest BCUT2D eigenvalue weighted by Gasteiger charge is 2.20. The predicted molar refractivity (Wildman–Crippen MR) is 109 cm³/mol. The molecular formula is C20H28N6O. The van der Waals surface area contributed by atoms with Crippen LogP contribution in [-0.4, -0.2) is 45.9 Å². The number of fused-ring (bicyclic) bond motifs is 1. The summed E-state index contributed by atoms with van der Waals surface area (Å²) in [5, 5.41) is 4.73. The Morgan fingerprint density at radius 3 is 2.41 bits per heavy atom. The van der Waals surface area contributed by atoms with Crippen molar-refractivity contribution in [2.24, 2.45) is 0 Å². The summed E-state index contributed by atoms with van der Waals surface area (Å²) < 4.78 is 7.64. The topological polar surface area (TPSA) is 69.0 Å². The van der Waals surface area contributed by atoms with Gasteiger partial charge in [0.25, 0.3) is 0 Å². The van der Waals surface area contributed by atoms with Crippen LogP contribution in [0.2, 0.25) is 0 Å². The highest BCUT2D eigenvalue weighted by molar-refractivity contribution is 5.80. The smallest absolute Gasteiger partial charge is 0.177 e. The monoisotopic (exact) mass is 368 g/mol. The summed E-state index contributed by atoms with van der Waals surface area (Å²) in [5.41, 5.74) is 5.03. The zero-order chi connectivity index (χ0) is 19.7. The van der Waals surface area contributed by atoms with E-state index in [-0.39, 0.29) is 0 Å². The molecule has 0 atom stereocenters. The lowest BCUT2D eigenvalue weighted by molar-refractivity contribution is 0.416. The van der Waals surface area contributed by atoms with Crippen LogP contribution in [0.3, 0.4) is 0 Å². The van der Waals surface area contributed by atoms with E-state index in [4.69, 9.17) is 19.8 Å². The number of anilines is 1. The molecule has 0 aromatic carbocycles. The number of rotatable bonds is 6. The SMILES string of the molecule is CCC(CC)n1nc(C)c2nc(-c3cnc(N(C)C)cc3OC)c(C)nc21. The fourth-order valence-electron chi connectivity index (χ4n) is 3.33. The van der Waals surface area contributed by atoms with Crippen LogP contribution in [0.5, 0.6) is 5.75 Å². The van der Waals surface area contributed by atoms with Crippen molar-refractivity contribution in [2.45, 2.75) is 46.6 Å². The Morgan fingerprint density at radius 1 is 1.11 bits per heavy atom. The summed E-state index contributed by atoms with van der Waals surface area (Å²) in [7, 11) is 5.57. The van der Waals surface area contributed by atoms with Crippen molar-refractivity contribution in [3.63, 3.8) is 0 Å². The normalized spacial score (nSPS) is 11.4. The first-order valence-corrected chi connectivity index (χ1v) is 9.36. The van der Waals surface area contributed by atoms with Gasteiger partial charge in [0.15, 0.2) is 5.65 Å². The summed E-state index contributed by atoms with van der Waals surface area (Å²) in [6, 6.07) is 2.25. The number of methoxy groups -OCH3 is 1. The molecule has 0 bridgehead atoms. The van der Waals surface area contributed by atoms with Gasteiger partial charge in [0.1, 0.15) is 17.1 Å². The van der Waals surface area contributed by atoms with E-state index >= 15 is 0 Å². The molecule has 0 saturated carbocycles. The van der Waals surface area contributed by atoms with Gasteiger partial charge in [-0.1, -0.05) is 13.8 Å². The molecule has 0 spiro atoms. The van der Waals surface area contributed by atoms with Gasteiger partial charge in [-0.05, 0) is 26.7 Å². The van der Waals surface area contributed by atoms with Crippen molar-refractivity contribution in [1.82, 2.24) is 24.7 Å². The van der Waals surface area contributed by atoms with E-state index in [1.54, 1.807) is 13.3 Å². The molecule has 3 aromatic rings. The number of hydrogen-bond donors (Lipinski definition) is 0. The van der Waals surface area contributed by atoms with Crippen molar-refractivity contribution in [3.8, 4) is 17.0 Å². The second kappa shape index (κ2) is 7.50. The number of ether oxygens (including phenoxy) is 1. The van der Waals surface area contributed by atoms with Crippen molar-refractivity contribution >= 4 is 17.0 Å². The molecule has 0 amide bonds. The lowest BCUT2D eigenvalue weighted by atomic mass is 10.1. The Hall–Kier alpha value is -2.70. The average Bonchev–Trinajstić information content (AvgIpc) is 2.97. The summed E-state index contributed by atoms with van der Waals surface area (Å²) in [5.74, 6) is 1.57. The number of nitrogens with zero attached hydrogens (tertiary/aromatic N) is 6. The average molecular weight is 368 g/mol. The summed E-state index contributed by atoms with van der Waals surface area (Å²) >= 11 is 0. The van der Waals surface area contributed by atoms with Gasteiger partial charge >= 0.3 is 0 Å². The van der Waals surface area contributed by atoms with Crippen LogP contribution in [0.1, 0.15) is 44.1 Å².